The Morgan fingerprint density at radius 2 is 1.61 bits per heavy atom. The molecule has 2 heterocycles. The fourth-order valence-corrected chi connectivity index (χ4v) is 3.31. The minimum Gasteiger partial charge on any atom is -0.494 e. The second kappa shape index (κ2) is 6.94. The van der Waals surface area contributed by atoms with Gasteiger partial charge in [0.15, 0.2) is 11.6 Å². The molecule has 28 heavy (non-hydrogen) atoms. The summed E-state index contributed by atoms with van der Waals surface area (Å²) in [5.41, 5.74) is 0.418. The number of benzene rings is 2. The predicted molar refractivity (Wildman–Crippen MR) is 109 cm³/mol. The highest BCUT2D eigenvalue weighted by molar-refractivity contribution is 6.32. The van der Waals surface area contributed by atoms with E-state index in [-0.39, 0.29) is 11.4 Å². The van der Waals surface area contributed by atoms with Crippen LogP contribution in [0.4, 0.5) is 0 Å². The van der Waals surface area contributed by atoms with Crippen LogP contribution in [0.15, 0.2) is 58.4 Å². The lowest BCUT2D eigenvalue weighted by molar-refractivity contribution is 0.436. The molecule has 2 aromatic carbocycles. The van der Waals surface area contributed by atoms with E-state index in [2.05, 4.69) is 15.3 Å². The zero-order valence-electron chi connectivity index (χ0n) is 15.2. The molecule has 8 heteroatoms. The summed E-state index contributed by atoms with van der Waals surface area (Å²) in [6.07, 6.45) is 1.49. The maximum Gasteiger partial charge on any atom is 0.265 e. The number of pyridine rings is 1. The molecule has 0 saturated heterocycles. The van der Waals surface area contributed by atoms with Crippen LogP contribution < -0.4 is 5.56 Å². The first kappa shape index (κ1) is 17.9. The van der Waals surface area contributed by atoms with Gasteiger partial charge in [-0.25, -0.2) is 9.24 Å². The van der Waals surface area contributed by atoms with E-state index in [1.54, 1.807) is 67.1 Å². The Kier molecular flexibility index (Phi) is 4.44. The number of aryl methyl sites for hydroxylation is 2. The average molecular weight is 394 g/mol. The lowest BCUT2D eigenvalue weighted by Gasteiger charge is -2.14. The van der Waals surface area contributed by atoms with Gasteiger partial charge in [-0.2, -0.15) is 5.10 Å². The normalized spacial score (nSPS) is 11.5. The van der Waals surface area contributed by atoms with Crippen molar-refractivity contribution in [2.75, 3.05) is 0 Å². The summed E-state index contributed by atoms with van der Waals surface area (Å²) < 4.78 is 2.75. The summed E-state index contributed by atoms with van der Waals surface area (Å²) in [5.74, 6) is 0.970. The van der Waals surface area contributed by atoms with Gasteiger partial charge in [-0.15, -0.1) is 10.2 Å². The van der Waals surface area contributed by atoms with E-state index in [4.69, 9.17) is 11.6 Å². The zero-order chi connectivity index (χ0) is 19.8. The predicted octanol–water partition coefficient (Wildman–Crippen LogP) is 3.44. The van der Waals surface area contributed by atoms with Crippen LogP contribution in [0.5, 0.6) is 5.88 Å². The van der Waals surface area contributed by atoms with Gasteiger partial charge in [0, 0.05) is 10.8 Å². The molecule has 0 aliphatic rings. The van der Waals surface area contributed by atoms with E-state index in [1.807, 2.05) is 0 Å². The maximum atomic E-state index is 13.1. The molecule has 140 valence electrons. The van der Waals surface area contributed by atoms with E-state index in [1.165, 1.54) is 10.8 Å². The molecule has 0 atom stereocenters. The first-order valence-corrected chi connectivity index (χ1v) is 8.91. The lowest BCUT2D eigenvalue weighted by Crippen LogP contribution is -2.20. The second-order valence-electron chi connectivity index (χ2n) is 6.23. The van der Waals surface area contributed by atoms with Crippen LogP contribution in [0.2, 0.25) is 5.02 Å². The smallest absolute Gasteiger partial charge is 0.265 e. The molecule has 0 bridgehead atoms. The number of para-hydroxylation sites is 1. The average Bonchev–Trinajstić information content (AvgIpc) is 3.01. The SMILES string of the molecule is Cc1nnc(C)n1/N=C/c1c(O)n(-c2ccccc2Cl)c(=O)c2ccccc12. The summed E-state index contributed by atoms with van der Waals surface area (Å²) in [6, 6.07) is 13.9. The highest BCUT2D eigenvalue weighted by atomic mass is 35.5. The third-order valence-electron chi connectivity index (χ3n) is 4.45. The number of fused-ring (bicyclic) bond motifs is 1. The first-order chi connectivity index (χ1) is 13.5. The van der Waals surface area contributed by atoms with Crippen molar-refractivity contribution in [3.63, 3.8) is 0 Å². The summed E-state index contributed by atoms with van der Waals surface area (Å²) in [6.45, 7) is 3.56. The highest BCUT2D eigenvalue weighted by Crippen LogP contribution is 2.28. The molecule has 0 amide bonds. The van der Waals surface area contributed by atoms with Crippen LogP contribution in [0.25, 0.3) is 16.5 Å². The van der Waals surface area contributed by atoms with Gasteiger partial charge in [0.2, 0.25) is 5.88 Å². The van der Waals surface area contributed by atoms with Crippen LogP contribution >= 0.6 is 11.6 Å². The number of aromatic nitrogens is 4. The first-order valence-electron chi connectivity index (χ1n) is 8.53. The zero-order valence-corrected chi connectivity index (χ0v) is 15.9. The molecule has 1 N–H and O–H groups in total. The van der Waals surface area contributed by atoms with Crippen molar-refractivity contribution in [1.29, 1.82) is 0 Å². The summed E-state index contributed by atoms with van der Waals surface area (Å²) >= 11 is 6.28. The molecule has 0 radical (unpaired) electrons. The van der Waals surface area contributed by atoms with Crippen molar-refractivity contribution in [2.45, 2.75) is 13.8 Å². The molecule has 0 aliphatic carbocycles. The Balaban J connectivity index is 2.04. The van der Waals surface area contributed by atoms with Crippen molar-refractivity contribution in [1.82, 2.24) is 19.4 Å². The minimum atomic E-state index is -0.366. The van der Waals surface area contributed by atoms with Gasteiger partial charge in [0.05, 0.1) is 22.5 Å². The number of halogens is 1. The third kappa shape index (κ3) is 2.86. The maximum absolute atomic E-state index is 13.1. The van der Waals surface area contributed by atoms with Crippen molar-refractivity contribution in [3.8, 4) is 11.6 Å². The Morgan fingerprint density at radius 3 is 2.29 bits per heavy atom. The molecule has 0 spiro atoms. The highest BCUT2D eigenvalue weighted by Gasteiger charge is 2.18. The molecule has 4 rings (SSSR count). The molecular formula is C20H16ClN5O2. The Morgan fingerprint density at radius 1 is 1.00 bits per heavy atom. The minimum absolute atomic E-state index is 0.246. The fraction of sp³-hybridized carbons (Fsp3) is 0.100. The number of hydrogen-bond donors (Lipinski definition) is 1. The van der Waals surface area contributed by atoms with Crippen LogP contribution in [0.3, 0.4) is 0 Å². The Bertz CT molecular complexity index is 1270. The van der Waals surface area contributed by atoms with E-state index >= 15 is 0 Å². The molecule has 0 unspecified atom stereocenters. The second-order valence-corrected chi connectivity index (χ2v) is 6.63. The van der Waals surface area contributed by atoms with Crippen LogP contribution in [-0.2, 0) is 0 Å². The van der Waals surface area contributed by atoms with Crippen LogP contribution in [0.1, 0.15) is 17.2 Å². The summed E-state index contributed by atoms with van der Waals surface area (Å²) in [7, 11) is 0. The number of aromatic hydroxyl groups is 1. The van der Waals surface area contributed by atoms with Crippen molar-refractivity contribution >= 4 is 28.6 Å². The molecule has 0 aliphatic heterocycles. The molecule has 2 aromatic heterocycles. The molecule has 0 fully saturated rings. The molecule has 7 nitrogen and oxygen atoms in total. The van der Waals surface area contributed by atoms with Gasteiger partial charge < -0.3 is 5.11 Å². The fourth-order valence-electron chi connectivity index (χ4n) is 3.09. The number of rotatable bonds is 3. The lowest BCUT2D eigenvalue weighted by atomic mass is 10.1. The van der Waals surface area contributed by atoms with Gasteiger partial charge in [0.25, 0.3) is 5.56 Å². The van der Waals surface area contributed by atoms with Crippen molar-refractivity contribution < 1.29 is 5.11 Å². The number of nitrogens with zero attached hydrogens (tertiary/aromatic N) is 5. The standard InChI is InChI=1S/C20H16ClN5O2/c1-12-23-24-13(2)26(12)22-11-16-14-7-3-4-8-15(14)19(27)25(20(16)28)18-10-6-5-9-17(18)21/h3-11,28H,1-2H3/b22-11+. The van der Waals surface area contributed by atoms with E-state index in [9.17, 15) is 9.90 Å². The summed E-state index contributed by atoms with van der Waals surface area (Å²) in [5, 5.41) is 24.7. The molecule has 4 aromatic rings. The monoisotopic (exact) mass is 393 g/mol. The Labute approximate surface area is 165 Å². The van der Waals surface area contributed by atoms with Gasteiger partial charge in [-0.05, 0) is 32.0 Å². The van der Waals surface area contributed by atoms with Crippen molar-refractivity contribution in [3.05, 3.63) is 81.1 Å². The van der Waals surface area contributed by atoms with Crippen LogP contribution in [-0.4, -0.2) is 30.8 Å². The quantitative estimate of drug-likeness (QED) is 0.540. The van der Waals surface area contributed by atoms with Crippen LogP contribution in [0, 0.1) is 13.8 Å². The topological polar surface area (TPSA) is 85.3 Å². The van der Waals surface area contributed by atoms with Gasteiger partial charge in [0.1, 0.15) is 0 Å². The number of hydrogen-bond acceptors (Lipinski definition) is 5. The van der Waals surface area contributed by atoms with Gasteiger partial charge in [-0.1, -0.05) is 41.9 Å². The van der Waals surface area contributed by atoms with Gasteiger partial charge >= 0.3 is 0 Å². The molecule has 0 saturated carbocycles. The van der Waals surface area contributed by atoms with Gasteiger partial charge in [-0.3, -0.25) is 4.79 Å². The van der Waals surface area contributed by atoms with Crippen molar-refractivity contribution in [2.24, 2.45) is 5.10 Å². The van der Waals surface area contributed by atoms with E-state index in [0.29, 0.717) is 38.7 Å². The third-order valence-corrected chi connectivity index (χ3v) is 4.77. The summed E-state index contributed by atoms with van der Waals surface area (Å²) in [4.78, 5) is 13.1. The van der Waals surface area contributed by atoms with E-state index in [0.717, 1.165) is 0 Å². The largest absolute Gasteiger partial charge is 0.494 e. The molecular weight excluding hydrogens is 378 g/mol. The Hall–Kier alpha value is -3.45. The van der Waals surface area contributed by atoms with E-state index < -0.39 is 0 Å².